The van der Waals surface area contributed by atoms with Gasteiger partial charge in [-0.3, -0.25) is 5.41 Å². The molecule has 0 aliphatic rings. The van der Waals surface area contributed by atoms with Crippen LogP contribution in [-0.4, -0.2) is 12.9 Å². The minimum Gasteiger partial charge on any atom is -0.497 e. The Bertz CT molecular complexity index is 570. The van der Waals surface area contributed by atoms with Crippen molar-refractivity contribution >= 4 is 18.2 Å². The monoisotopic (exact) mass is 292 g/mol. The van der Waals surface area contributed by atoms with Gasteiger partial charge in [0.25, 0.3) is 0 Å². The summed E-state index contributed by atoms with van der Waals surface area (Å²) in [7, 11) is 1.64. The number of amidine groups is 1. The van der Waals surface area contributed by atoms with Gasteiger partial charge in [-0.05, 0) is 42.0 Å². The summed E-state index contributed by atoms with van der Waals surface area (Å²) >= 11 is 0. The van der Waals surface area contributed by atoms with Crippen molar-refractivity contribution in [1.82, 2.24) is 0 Å². The molecule has 0 amide bonds. The van der Waals surface area contributed by atoms with Gasteiger partial charge in [-0.1, -0.05) is 12.1 Å². The van der Waals surface area contributed by atoms with Crippen LogP contribution in [0.15, 0.2) is 48.5 Å². The van der Waals surface area contributed by atoms with Crippen molar-refractivity contribution in [3.8, 4) is 11.5 Å². The standard InChI is InChI=1S/C15H16N2O2.ClH/c1-18-14-4-2-3-11(9-14)10-19-13-7-5-12(6-8-13)15(16)17;/h2-9H,10H2,1H3,(H3,16,17);1H. The molecule has 0 atom stereocenters. The van der Waals surface area contributed by atoms with Gasteiger partial charge in [0.15, 0.2) is 0 Å². The maximum atomic E-state index is 7.31. The van der Waals surface area contributed by atoms with Crippen LogP contribution in [0.4, 0.5) is 0 Å². The van der Waals surface area contributed by atoms with Crippen molar-refractivity contribution in [3.05, 3.63) is 59.7 Å². The Morgan fingerprint density at radius 2 is 1.80 bits per heavy atom. The highest BCUT2D eigenvalue weighted by molar-refractivity contribution is 5.94. The predicted octanol–water partition coefficient (Wildman–Crippen LogP) is 2.98. The third-order valence-corrected chi connectivity index (χ3v) is 2.70. The Morgan fingerprint density at radius 1 is 1.10 bits per heavy atom. The second-order valence-corrected chi connectivity index (χ2v) is 4.08. The van der Waals surface area contributed by atoms with E-state index in [4.69, 9.17) is 20.6 Å². The zero-order chi connectivity index (χ0) is 13.7. The molecule has 0 bridgehead atoms. The number of nitrogen functional groups attached to an aromatic ring is 1. The lowest BCUT2D eigenvalue weighted by molar-refractivity contribution is 0.305. The highest BCUT2D eigenvalue weighted by Gasteiger charge is 2.00. The van der Waals surface area contributed by atoms with Crippen molar-refractivity contribution < 1.29 is 9.47 Å². The molecule has 5 heteroatoms. The average molecular weight is 293 g/mol. The number of benzene rings is 2. The summed E-state index contributed by atoms with van der Waals surface area (Å²) in [4.78, 5) is 0. The van der Waals surface area contributed by atoms with Crippen LogP contribution in [0.2, 0.25) is 0 Å². The second kappa shape index (κ2) is 7.40. The Kier molecular flexibility index (Phi) is 5.87. The zero-order valence-electron chi connectivity index (χ0n) is 11.1. The highest BCUT2D eigenvalue weighted by atomic mass is 35.5. The summed E-state index contributed by atoms with van der Waals surface area (Å²) in [5, 5.41) is 7.31. The molecular weight excluding hydrogens is 276 g/mol. The molecule has 2 rings (SSSR count). The first-order chi connectivity index (χ1) is 9.19. The zero-order valence-corrected chi connectivity index (χ0v) is 11.9. The number of nitrogens with one attached hydrogen (secondary N) is 1. The minimum absolute atomic E-state index is 0. The molecule has 0 heterocycles. The van der Waals surface area contributed by atoms with Crippen LogP contribution < -0.4 is 15.2 Å². The summed E-state index contributed by atoms with van der Waals surface area (Å²) in [6.45, 7) is 0.469. The summed E-state index contributed by atoms with van der Waals surface area (Å²) < 4.78 is 10.8. The second-order valence-electron chi connectivity index (χ2n) is 4.08. The summed E-state index contributed by atoms with van der Waals surface area (Å²) in [5.41, 5.74) is 7.12. The fraction of sp³-hybridized carbons (Fsp3) is 0.133. The number of nitrogens with two attached hydrogens (primary N) is 1. The number of rotatable bonds is 5. The molecule has 2 aromatic rings. The molecule has 0 spiro atoms. The Hall–Kier alpha value is -2.20. The van der Waals surface area contributed by atoms with Crippen LogP contribution in [0.5, 0.6) is 11.5 Å². The fourth-order valence-electron chi connectivity index (χ4n) is 1.66. The van der Waals surface area contributed by atoms with Gasteiger partial charge in [0, 0.05) is 5.56 Å². The van der Waals surface area contributed by atoms with E-state index in [1.807, 2.05) is 24.3 Å². The summed E-state index contributed by atoms with van der Waals surface area (Å²) in [6, 6.07) is 14.9. The lowest BCUT2D eigenvalue weighted by Crippen LogP contribution is -2.10. The maximum Gasteiger partial charge on any atom is 0.122 e. The molecule has 0 fully saturated rings. The smallest absolute Gasteiger partial charge is 0.122 e. The SMILES string of the molecule is COc1cccc(COc2ccc(C(=N)N)cc2)c1.Cl. The van der Waals surface area contributed by atoms with Crippen LogP contribution in [0.25, 0.3) is 0 Å². The molecular formula is C15H17ClN2O2. The van der Waals surface area contributed by atoms with Crippen LogP contribution in [0, 0.1) is 5.41 Å². The molecule has 0 aliphatic carbocycles. The van der Waals surface area contributed by atoms with Crippen LogP contribution in [0.3, 0.4) is 0 Å². The molecule has 0 aromatic heterocycles. The van der Waals surface area contributed by atoms with E-state index in [1.54, 1.807) is 31.4 Å². The third-order valence-electron chi connectivity index (χ3n) is 2.70. The van der Waals surface area contributed by atoms with Gasteiger partial charge in [0.2, 0.25) is 0 Å². The first-order valence-corrected chi connectivity index (χ1v) is 5.89. The lowest BCUT2D eigenvalue weighted by Gasteiger charge is -2.08. The lowest BCUT2D eigenvalue weighted by atomic mass is 10.2. The van der Waals surface area contributed by atoms with Crippen molar-refractivity contribution in [1.29, 1.82) is 5.41 Å². The third kappa shape index (κ3) is 4.17. The predicted molar refractivity (Wildman–Crippen MR) is 82.0 cm³/mol. The minimum atomic E-state index is 0. The molecule has 2 aromatic carbocycles. The molecule has 20 heavy (non-hydrogen) atoms. The van der Waals surface area contributed by atoms with E-state index in [0.29, 0.717) is 12.2 Å². The van der Waals surface area contributed by atoms with Gasteiger partial charge in [0.1, 0.15) is 23.9 Å². The molecule has 4 nitrogen and oxygen atoms in total. The molecule has 0 aliphatic heterocycles. The number of hydrogen-bond donors (Lipinski definition) is 2. The van der Waals surface area contributed by atoms with E-state index < -0.39 is 0 Å². The van der Waals surface area contributed by atoms with Gasteiger partial charge in [-0.2, -0.15) is 0 Å². The van der Waals surface area contributed by atoms with Crippen LogP contribution in [0.1, 0.15) is 11.1 Å². The van der Waals surface area contributed by atoms with E-state index in [1.165, 1.54) is 0 Å². The maximum absolute atomic E-state index is 7.31. The topological polar surface area (TPSA) is 68.3 Å². The number of halogens is 1. The fourth-order valence-corrected chi connectivity index (χ4v) is 1.66. The normalized spacial score (nSPS) is 9.45. The molecule has 0 unspecified atom stereocenters. The first kappa shape index (κ1) is 15.9. The number of hydrogen-bond acceptors (Lipinski definition) is 3. The van der Waals surface area contributed by atoms with Gasteiger partial charge in [-0.15, -0.1) is 12.4 Å². The number of ether oxygens (including phenoxy) is 2. The molecule has 0 radical (unpaired) electrons. The molecule has 3 N–H and O–H groups in total. The Balaban J connectivity index is 0.00000200. The summed E-state index contributed by atoms with van der Waals surface area (Å²) in [5.74, 6) is 1.61. The van der Waals surface area contributed by atoms with Crippen molar-refractivity contribution in [2.45, 2.75) is 6.61 Å². The molecule has 0 saturated carbocycles. The van der Waals surface area contributed by atoms with Crippen LogP contribution in [-0.2, 0) is 6.61 Å². The molecule has 106 valence electrons. The molecule has 0 saturated heterocycles. The van der Waals surface area contributed by atoms with E-state index in [0.717, 1.165) is 17.1 Å². The van der Waals surface area contributed by atoms with E-state index in [2.05, 4.69) is 0 Å². The van der Waals surface area contributed by atoms with Crippen LogP contribution >= 0.6 is 12.4 Å². The van der Waals surface area contributed by atoms with Gasteiger partial charge in [-0.25, -0.2) is 0 Å². The van der Waals surface area contributed by atoms with Crippen molar-refractivity contribution in [3.63, 3.8) is 0 Å². The quantitative estimate of drug-likeness (QED) is 0.657. The Labute approximate surface area is 124 Å². The average Bonchev–Trinajstić information content (AvgIpc) is 2.46. The Morgan fingerprint density at radius 3 is 2.40 bits per heavy atom. The highest BCUT2D eigenvalue weighted by Crippen LogP contribution is 2.16. The van der Waals surface area contributed by atoms with E-state index in [9.17, 15) is 0 Å². The summed E-state index contributed by atoms with van der Waals surface area (Å²) in [6.07, 6.45) is 0. The van der Waals surface area contributed by atoms with E-state index in [-0.39, 0.29) is 18.2 Å². The van der Waals surface area contributed by atoms with Gasteiger partial charge in [0.05, 0.1) is 7.11 Å². The van der Waals surface area contributed by atoms with Crippen molar-refractivity contribution in [2.24, 2.45) is 5.73 Å². The first-order valence-electron chi connectivity index (χ1n) is 5.89. The van der Waals surface area contributed by atoms with Gasteiger partial charge < -0.3 is 15.2 Å². The van der Waals surface area contributed by atoms with Gasteiger partial charge >= 0.3 is 0 Å². The van der Waals surface area contributed by atoms with E-state index >= 15 is 0 Å². The van der Waals surface area contributed by atoms with Crippen molar-refractivity contribution in [2.75, 3.05) is 7.11 Å². The largest absolute Gasteiger partial charge is 0.497 e. The number of methoxy groups -OCH3 is 1.